The molecule has 1 aliphatic carbocycles. The van der Waals surface area contributed by atoms with Crippen LogP contribution in [-0.4, -0.2) is 17.7 Å². The third-order valence-corrected chi connectivity index (χ3v) is 8.11. The van der Waals surface area contributed by atoms with Gasteiger partial charge in [0.25, 0.3) is 0 Å². The van der Waals surface area contributed by atoms with Crippen molar-refractivity contribution in [2.24, 2.45) is 0 Å². The number of carbonyl (C=O) groups excluding carboxylic acids is 1. The molecule has 0 saturated heterocycles. The van der Waals surface area contributed by atoms with Crippen LogP contribution < -0.4 is 10.6 Å². The van der Waals surface area contributed by atoms with Gasteiger partial charge in [0.15, 0.2) is 7.14 Å². The first kappa shape index (κ1) is 15.1. The summed E-state index contributed by atoms with van der Waals surface area (Å²) in [5, 5.41) is 0.574. The van der Waals surface area contributed by atoms with Gasteiger partial charge in [0.1, 0.15) is 5.16 Å². The van der Waals surface area contributed by atoms with Crippen molar-refractivity contribution >= 4 is 23.7 Å². The summed E-state index contributed by atoms with van der Waals surface area (Å²) in [6.07, 6.45) is 1.24. The lowest BCUT2D eigenvalue weighted by Gasteiger charge is -2.27. The molecular weight excluding hydrogens is 295 g/mol. The maximum atomic E-state index is 14.1. The first-order chi connectivity index (χ1) is 10.6. The minimum atomic E-state index is -3.08. The minimum absolute atomic E-state index is 0.310. The van der Waals surface area contributed by atoms with Crippen LogP contribution in [0.25, 0.3) is 0 Å². The van der Waals surface area contributed by atoms with Crippen molar-refractivity contribution < 1.29 is 14.1 Å². The predicted molar refractivity (Wildman–Crippen MR) is 88.4 cm³/mol. The molecule has 4 heteroatoms. The van der Waals surface area contributed by atoms with Crippen molar-refractivity contribution in [3.8, 4) is 0 Å². The van der Waals surface area contributed by atoms with E-state index in [0.717, 1.165) is 10.6 Å². The number of rotatable bonds is 5. The van der Waals surface area contributed by atoms with Crippen LogP contribution in [0.5, 0.6) is 0 Å². The van der Waals surface area contributed by atoms with Gasteiger partial charge in [0.2, 0.25) is 0 Å². The fourth-order valence-electron chi connectivity index (χ4n) is 2.95. The summed E-state index contributed by atoms with van der Waals surface area (Å²) in [7, 11) is -3.08. The summed E-state index contributed by atoms with van der Waals surface area (Å²) in [6.45, 7) is 2.09. The third kappa shape index (κ3) is 2.21. The van der Waals surface area contributed by atoms with E-state index in [-0.39, 0.29) is 5.97 Å². The third-order valence-electron chi connectivity index (χ3n) is 4.22. The Labute approximate surface area is 130 Å². The molecule has 3 rings (SSSR count). The monoisotopic (exact) mass is 314 g/mol. The van der Waals surface area contributed by atoms with E-state index in [1.54, 1.807) is 6.92 Å². The molecule has 2 aromatic rings. The van der Waals surface area contributed by atoms with E-state index >= 15 is 0 Å². The Kier molecular flexibility index (Phi) is 3.92. The fourth-order valence-corrected chi connectivity index (χ4v) is 6.48. The molecule has 0 bridgehead atoms. The first-order valence-corrected chi connectivity index (χ1v) is 9.24. The first-order valence-electron chi connectivity index (χ1n) is 7.54. The smallest absolute Gasteiger partial charge is 0.320 e. The van der Waals surface area contributed by atoms with Crippen LogP contribution >= 0.6 is 7.14 Å². The molecule has 0 radical (unpaired) electrons. The Morgan fingerprint density at radius 3 is 1.82 bits per heavy atom. The molecule has 1 aliphatic rings. The second-order valence-corrected chi connectivity index (χ2v) is 8.64. The molecular formula is C18H19O3P. The van der Waals surface area contributed by atoms with Crippen LogP contribution in [0, 0.1) is 0 Å². The summed E-state index contributed by atoms with van der Waals surface area (Å²) in [6, 6.07) is 18.7. The van der Waals surface area contributed by atoms with Crippen LogP contribution in [0.3, 0.4) is 0 Å². The zero-order chi connectivity index (χ0) is 15.6. The molecule has 2 aromatic carbocycles. The normalized spacial score (nSPS) is 16.0. The van der Waals surface area contributed by atoms with E-state index in [9.17, 15) is 9.36 Å². The Morgan fingerprint density at radius 1 is 1.00 bits per heavy atom. The van der Waals surface area contributed by atoms with Gasteiger partial charge < -0.3 is 9.30 Å². The van der Waals surface area contributed by atoms with Crippen LogP contribution in [0.1, 0.15) is 19.8 Å². The highest BCUT2D eigenvalue weighted by atomic mass is 31.2. The second-order valence-electron chi connectivity index (χ2n) is 5.53. The average Bonchev–Trinajstić information content (AvgIpc) is 3.38. The highest BCUT2D eigenvalue weighted by Crippen LogP contribution is 2.68. The molecule has 0 amide bonds. The molecule has 3 nitrogen and oxygen atoms in total. The number of ether oxygens (including phenoxy) is 1. The highest BCUT2D eigenvalue weighted by molar-refractivity contribution is 7.81. The molecule has 0 heterocycles. The Balaban J connectivity index is 2.18. The second kappa shape index (κ2) is 5.73. The SMILES string of the molecule is CCOC(=O)C1(P(=O)(c2ccccc2)c2ccccc2)CC1. The molecule has 1 fully saturated rings. The molecule has 0 unspecified atom stereocenters. The summed E-state index contributed by atoms with van der Waals surface area (Å²) in [4.78, 5) is 12.5. The molecule has 1 saturated carbocycles. The van der Waals surface area contributed by atoms with Gasteiger partial charge >= 0.3 is 5.97 Å². The molecule has 0 aromatic heterocycles. The lowest BCUT2D eigenvalue weighted by Crippen LogP contribution is -2.35. The van der Waals surface area contributed by atoms with E-state index in [1.165, 1.54) is 0 Å². The number of benzene rings is 2. The largest absolute Gasteiger partial charge is 0.465 e. The maximum absolute atomic E-state index is 14.1. The summed E-state index contributed by atoms with van der Waals surface area (Å²) < 4.78 is 19.4. The predicted octanol–water partition coefficient (Wildman–Crippen LogP) is 3.10. The maximum Gasteiger partial charge on any atom is 0.320 e. The topological polar surface area (TPSA) is 43.4 Å². The van der Waals surface area contributed by atoms with Crippen LogP contribution in [0.4, 0.5) is 0 Å². The van der Waals surface area contributed by atoms with E-state index in [0.29, 0.717) is 19.4 Å². The summed E-state index contributed by atoms with van der Waals surface area (Å²) in [5.41, 5.74) is 0. The standard InChI is InChI=1S/C18H19O3P/c1-2-21-17(19)18(13-14-18)22(20,15-9-5-3-6-10-15)16-11-7-4-8-12-16/h3-12H,2,13-14H2,1H3. The highest BCUT2D eigenvalue weighted by Gasteiger charge is 2.65. The molecule has 0 spiro atoms. The average molecular weight is 314 g/mol. The lowest BCUT2D eigenvalue weighted by molar-refractivity contribution is -0.143. The molecule has 0 atom stereocenters. The van der Waals surface area contributed by atoms with Crippen molar-refractivity contribution in [1.29, 1.82) is 0 Å². The fraction of sp³-hybridized carbons (Fsp3) is 0.278. The van der Waals surface area contributed by atoms with Gasteiger partial charge in [-0.15, -0.1) is 0 Å². The number of hydrogen-bond donors (Lipinski definition) is 0. The van der Waals surface area contributed by atoms with Crippen molar-refractivity contribution in [1.82, 2.24) is 0 Å². The van der Waals surface area contributed by atoms with Gasteiger partial charge in [-0.2, -0.15) is 0 Å². The van der Waals surface area contributed by atoms with Gasteiger partial charge in [-0.05, 0) is 19.8 Å². The van der Waals surface area contributed by atoms with E-state index in [1.807, 2.05) is 60.7 Å². The summed E-state index contributed by atoms with van der Waals surface area (Å²) in [5.74, 6) is -0.328. The van der Waals surface area contributed by atoms with Gasteiger partial charge in [-0.1, -0.05) is 60.7 Å². The molecule has 114 valence electrons. The minimum Gasteiger partial charge on any atom is -0.465 e. The Morgan fingerprint density at radius 2 is 1.45 bits per heavy atom. The number of esters is 1. The molecule has 0 N–H and O–H groups in total. The van der Waals surface area contributed by atoms with Crippen molar-refractivity contribution in [3.63, 3.8) is 0 Å². The van der Waals surface area contributed by atoms with Crippen LogP contribution in [-0.2, 0) is 14.1 Å². The quantitative estimate of drug-likeness (QED) is 0.629. The molecule has 0 aliphatic heterocycles. The van der Waals surface area contributed by atoms with Crippen molar-refractivity contribution in [2.75, 3.05) is 6.61 Å². The Hall–Kier alpha value is -1.86. The Bertz CT molecular complexity index is 662. The van der Waals surface area contributed by atoms with Gasteiger partial charge in [0.05, 0.1) is 6.61 Å². The van der Waals surface area contributed by atoms with Crippen molar-refractivity contribution in [3.05, 3.63) is 60.7 Å². The van der Waals surface area contributed by atoms with E-state index < -0.39 is 12.3 Å². The zero-order valence-corrected chi connectivity index (χ0v) is 13.5. The van der Waals surface area contributed by atoms with Gasteiger partial charge in [-0.3, -0.25) is 4.79 Å². The number of carbonyl (C=O) groups is 1. The van der Waals surface area contributed by atoms with E-state index in [2.05, 4.69) is 0 Å². The molecule has 22 heavy (non-hydrogen) atoms. The van der Waals surface area contributed by atoms with Gasteiger partial charge in [-0.25, -0.2) is 0 Å². The van der Waals surface area contributed by atoms with E-state index in [4.69, 9.17) is 4.74 Å². The number of hydrogen-bond acceptors (Lipinski definition) is 3. The van der Waals surface area contributed by atoms with Gasteiger partial charge in [0, 0.05) is 10.6 Å². The van der Waals surface area contributed by atoms with Crippen molar-refractivity contribution in [2.45, 2.75) is 24.9 Å². The lowest BCUT2D eigenvalue weighted by atomic mass is 10.4. The summed E-state index contributed by atoms with van der Waals surface area (Å²) >= 11 is 0. The van der Waals surface area contributed by atoms with Crippen LogP contribution in [0.15, 0.2) is 60.7 Å². The van der Waals surface area contributed by atoms with Crippen LogP contribution in [0.2, 0.25) is 0 Å². The zero-order valence-electron chi connectivity index (χ0n) is 12.6.